The van der Waals surface area contributed by atoms with Gasteiger partial charge in [0.25, 0.3) is 11.6 Å². The fourth-order valence-electron chi connectivity index (χ4n) is 4.99. The van der Waals surface area contributed by atoms with Gasteiger partial charge in [0.15, 0.2) is 0 Å². The Morgan fingerprint density at radius 1 is 1.20 bits per heavy atom. The van der Waals surface area contributed by atoms with Crippen molar-refractivity contribution in [2.24, 2.45) is 0 Å². The van der Waals surface area contributed by atoms with Crippen LogP contribution in [0, 0.1) is 10.1 Å². The number of allylic oxidation sites excluding steroid dienone is 1. The number of amides is 1. The number of aliphatic hydroxyl groups excluding tert-OH is 1. The molecule has 7 heteroatoms. The highest BCUT2D eigenvalue weighted by molar-refractivity contribution is 5.97. The average molecular weight is 403 g/mol. The SMILES string of the molecule is C/C(O)=C1/C(=O)N2CCc3c([nH]c4ccccc34)[C@@H]2C[C@H]1c1ccc([N+](=O)[O-])cc1. The van der Waals surface area contributed by atoms with Gasteiger partial charge in [-0.2, -0.15) is 0 Å². The van der Waals surface area contributed by atoms with E-state index in [1.165, 1.54) is 30.0 Å². The first-order valence-electron chi connectivity index (χ1n) is 10.00. The lowest BCUT2D eigenvalue weighted by Gasteiger charge is -2.43. The third-order valence-corrected chi connectivity index (χ3v) is 6.35. The maximum atomic E-state index is 13.4. The van der Waals surface area contributed by atoms with E-state index in [-0.39, 0.29) is 29.3 Å². The van der Waals surface area contributed by atoms with Crippen LogP contribution in [0.2, 0.25) is 0 Å². The smallest absolute Gasteiger partial charge is 0.269 e. The zero-order chi connectivity index (χ0) is 21.0. The van der Waals surface area contributed by atoms with Crippen LogP contribution in [-0.2, 0) is 11.2 Å². The molecule has 0 radical (unpaired) electrons. The minimum atomic E-state index is -0.441. The third-order valence-electron chi connectivity index (χ3n) is 6.35. The molecule has 152 valence electrons. The number of nitro benzene ring substituents is 1. The van der Waals surface area contributed by atoms with Crippen molar-refractivity contribution in [2.75, 3.05) is 6.54 Å². The van der Waals surface area contributed by atoms with Gasteiger partial charge in [0, 0.05) is 41.2 Å². The molecule has 3 heterocycles. The number of benzene rings is 2. The second kappa shape index (κ2) is 6.73. The zero-order valence-corrected chi connectivity index (χ0v) is 16.5. The summed E-state index contributed by atoms with van der Waals surface area (Å²) in [5.74, 6) is -0.495. The fraction of sp³-hybridized carbons (Fsp3) is 0.261. The molecule has 0 unspecified atom stereocenters. The standard InChI is InChI=1S/C23H21N3O4/c1-13(27)21-18(14-6-8-15(9-7-14)26(29)30)12-20-22-17(10-11-25(20)23(21)28)16-4-2-3-5-19(16)24-22/h2-9,18,20,24,27H,10-12H2,1H3/b21-13-/t18-,20-/m0/s1. The van der Waals surface area contributed by atoms with Crippen molar-refractivity contribution in [1.29, 1.82) is 0 Å². The number of aliphatic hydroxyl groups is 1. The van der Waals surface area contributed by atoms with Gasteiger partial charge in [-0.15, -0.1) is 0 Å². The molecule has 1 fully saturated rings. The molecule has 0 saturated carbocycles. The number of carbonyl (C=O) groups excluding carboxylic acids is 1. The molecule has 30 heavy (non-hydrogen) atoms. The number of nitro groups is 1. The van der Waals surface area contributed by atoms with Crippen molar-refractivity contribution >= 4 is 22.5 Å². The summed E-state index contributed by atoms with van der Waals surface area (Å²) in [6.07, 6.45) is 1.37. The number of nitrogens with zero attached hydrogens (tertiary/aromatic N) is 2. The summed E-state index contributed by atoms with van der Waals surface area (Å²) >= 11 is 0. The van der Waals surface area contributed by atoms with E-state index in [0.717, 1.165) is 23.2 Å². The lowest BCUT2D eigenvalue weighted by molar-refractivity contribution is -0.384. The first-order valence-corrected chi connectivity index (χ1v) is 10.00. The molecule has 2 N–H and O–H groups in total. The normalized spacial score (nSPS) is 22.6. The summed E-state index contributed by atoms with van der Waals surface area (Å²) in [7, 11) is 0. The number of non-ortho nitro benzene ring substituents is 1. The Balaban J connectivity index is 1.61. The highest BCUT2D eigenvalue weighted by Crippen LogP contribution is 2.47. The summed E-state index contributed by atoms with van der Waals surface area (Å²) < 4.78 is 0. The van der Waals surface area contributed by atoms with Crippen molar-refractivity contribution in [3.8, 4) is 0 Å². The molecule has 0 spiro atoms. The maximum Gasteiger partial charge on any atom is 0.269 e. The van der Waals surface area contributed by atoms with Crippen LogP contribution >= 0.6 is 0 Å². The average Bonchev–Trinajstić information content (AvgIpc) is 3.12. The second-order valence-electron chi connectivity index (χ2n) is 7.96. The summed E-state index contributed by atoms with van der Waals surface area (Å²) in [6, 6.07) is 14.3. The molecule has 1 aromatic heterocycles. The largest absolute Gasteiger partial charge is 0.512 e. The highest BCUT2D eigenvalue weighted by Gasteiger charge is 2.43. The first kappa shape index (κ1) is 18.4. The van der Waals surface area contributed by atoms with Crippen LogP contribution in [0.15, 0.2) is 59.9 Å². The Morgan fingerprint density at radius 2 is 1.93 bits per heavy atom. The summed E-state index contributed by atoms with van der Waals surface area (Å²) in [6.45, 7) is 2.13. The lowest BCUT2D eigenvalue weighted by Crippen LogP contribution is -2.46. The molecule has 7 nitrogen and oxygen atoms in total. The van der Waals surface area contributed by atoms with Crippen LogP contribution in [0.3, 0.4) is 0 Å². The summed E-state index contributed by atoms with van der Waals surface area (Å²) in [5.41, 5.74) is 4.53. The Hall–Kier alpha value is -3.61. The number of para-hydroxylation sites is 1. The molecule has 5 rings (SSSR count). The Bertz CT molecular complexity index is 1200. The molecule has 1 amide bonds. The molecule has 2 aliphatic rings. The van der Waals surface area contributed by atoms with E-state index in [0.29, 0.717) is 18.5 Å². The topological polar surface area (TPSA) is 99.5 Å². The molecule has 2 aromatic carbocycles. The number of piperidine rings is 1. The van der Waals surface area contributed by atoms with Gasteiger partial charge in [0.05, 0.1) is 22.3 Å². The van der Waals surface area contributed by atoms with Gasteiger partial charge in [0.2, 0.25) is 0 Å². The van der Waals surface area contributed by atoms with Crippen LogP contribution in [0.5, 0.6) is 0 Å². The molecule has 2 aliphatic heterocycles. The van der Waals surface area contributed by atoms with Crippen molar-refractivity contribution < 1.29 is 14.8 Å². The third kappa shape index (κ3) is 2.69. The van der Waals surface area contributed by atoms with E-state index < -0.39 is 4.92 Å². The number of hydrogen-bond donors (Lipinski definition) is 2. The Labute approximate surface area is 172 Å². The highest BCUT2D eigenvalue weighted by atomic mass is 16.6. The number of aromatic nitrogens is 1. The minimum Gasteiger partial charge on any atom is -0.512 e. The van der Waals surface area contributed by atoms with Crippen molar-refractivity contribution in [3.63, 3.8) is 0 Å². The molecular formula is C23H21N3O4. The molecular weight excluding hydrogens is 382 g/mol. The van der Waals surface area contributed by atoms with E-state index in [2.05, 4.69) is 11.1 Å². The molecule has 0 bridgehead atoms. The maximum absolute atomic E-state index is 13.4. The molecule has 2 atom stereocenters. The van der Waals surface area contributed by atoms with Gasteiger partial charge in [-0.25, -0.2) is 0 Å². The van der Waals surface area contributed by atoms with Crippen LogP contribution in [-0.4, -0.2) is 32.4 Å². The number of rotatable bonds is 2. The Morgan fingerprint density at radius 3 is 2.63 bits per heavy atom. The van der Waals surface area contributed by atoms with E-state index in [1.54, 1.807) is 12.1 Å². The van der Waals surface area contributed by atoms with Gasteiger partial charge in [0.1, 0.15) is 0 Å². The molecule has 0 aliphatic carbocycles. The predicted molar refractivity (Wildman–Crippen MR) is 112 cm³/mol. The number of hydrogen-bond acceptors (Lipinski definition) is 4. The number of H-pyrrole nitrogens is 1. The molecule has 1 saturated heterocycles. The van der Waals surface area contributed by atoms with Crippen LogP contribution in [0.1, 0.15) is 42.1 Å². The van der Waals surface area contributed by atoms with Crippen LogP contribution in [0.25, 0.3) is 10.9 Å². The zero-order valence-electron chi connectivity index (χ0n) is 16.5. The van der Waals surface area contributed by atoms with Gasteiger partial charge in [-0.3, -0.25) is 14.9 Å². The van der Waals surface area contributed by atoms with Crippen molar-refractivity contribution in [2.45, 2.75) is 31.7 Å². The van der Waals surface area contributed by atoms with E-state index >= 15 is 0 Å². The number of carbonyl (C=O) groups is 1. The van der Waals surface area contributed by atoms with Gasteiger partial charge in [-0.05, 0) is 37.0 Å². The number of nitrogens with one attached hydrogen (secondary N) is 1. The molecule has 3 aromatic rings. The summed E-state index contributed by atoms with van der Waals surface area (Å²) in [4.78, 5) is 29.3. The minimum absolute atomic E-state index is 0.00393. The van der Waals surface area contributed by atoms with E-state index in [9.17, 15) is 20.0 Å². The first-order chi connectivity index (χ1) is 14.5. The fourth-order valence-corrected chi connectivity index (χ4v) is 4.99. The summed E-state index contributed by atoms with van der Waals surface area (Å²) in [5, 5.41) is 22.5. The van der Waals surface area contributed by atoms with Crippen LogP contribution in [0.4, 0.5) is 5.69 Å². The van der Waals surface area contributed by atoms with Gasteiger partial charge >= 0.3 is 0 Å². The lowest BCUT2D eigenvalue weighted by atomic mass is 9.77. The van der Waals surface area contributed by atoms with Crippen molar-refractivity contribution in [3.05, 3.63) is 86.8 Å². The number of fused-ring (bicyclic) bond motifs is 5. The second-order valence-corrected chi connectivity index (χ2v) is 7.96. The van der Waals surface area contributed by atoms with Crippen molar-refractivity contribution in [1.82, 2.24) is 9.88 Å². The van der Waals surface area contributed by atoms with E-state index in [1.807, 2.05) is 23.1 Å². The Kier molecular flexibility index (Phi) is 4.13. The number of aromatic amines is 1. The van der Waals surface area contributed by atoms with Crippen LogP contribution < -0.4 is 0 Å². The monoisotopic (exact) mass is 403 g/mol. The predicted octanol–water partition coefficient (Wildman–Crippen LogP) is 4.52. The van der Waals surface area contributed by atoms with E-state index in [4.69, 9.17) is 0 Å². The van der Waals surface area contributed by atoms with Gasteiger partial charge < -0.3 is 15.0 Å². The van der Waals surface area contributed by atoms with Gasteiger partial charge in [-0.1, -0.05) is 30.3 Å². The quantitative estimate of drug-likeness (QED) is 0.284.